The fraction of sp³-hybridized carbons (Fsp3) is 0.160. The van der Waals surface area contributed by atoms with Crippen molar-refractivity contribution in [2.45, 2.75) is 13.5 Å². The second-order valence-corrected chi connectivity index (χ2v) is 8.33. The van der Waals surface area contributed by atoms with E-state index < -0.39 is 10.9 Å². The van der Waals surface area contributed by atoms with Crippen LogP contribution < -0.4 is 4.74 Å². The lowest BCUT2D eigenvalue weighted by Crippen LogP contribution is -2.14. The van der Waals surface area contributed by atoms with Crippen LogP contribution in [-0.2, 0) is 11.3 Å². The Hall–Kier alpha value is -4.31. The molecule has 2 aromatic heterocycles. The second kappa shape index (κ2) is 9.15. The molecule has 0 saturated carbocycles. The average molecular weight is 489 g/mol. The molecule has 0 saturated heterocycles. The maximum absolute atomic E-state index is 13.3. The first-order chi connectivity index (χ1) is 17.0. The van der Waals surface area contributed by atoms with Crippen LogP contribution in [-0.4, -0.2) is 37.9 Å². The molecule has 2 heterocycles. The van der Waals surface area contributed by atoms with Crippen molar-refractivity contribution in [2.75, 3.05) is 13.7 Å². The van der Waals surface area contributed by atoms with Crippen molar-refractivity contribution in [1.82, 2.24) is 13.3 Å². The van der Waals surface area contributed by atoms with Crippen molar-refractivity contribution in [2.24, 2.45) is 0 Å². The van der Waals surface area contributed by atoms with Crippen LogP contribution in [0.15, 0.2) is 60.7 Å². The summed E-state index contributed by atoms with van der Waals surface area (Å²) in [5.41, 5.74) is 4.72. The zero-order chi connectivity index (χ0) is 24.5. The maximum atomic E-state index is 13.3. The number of carbonyl (C=O) groups is 1. The monoisotopic (exact) mass is 488 g/mol. The van der Waals surface area contributed by atoms with Crippen LogP contribution in [0.3, 0.4) is 0 Å². The molecule has 0 spiro atoms. The first kappa shape index (κ1) is 22.5. The van der Waals surface area contributed by atoms with E-state index in [0.29, 0.717) is 34.5 Å². The molecule has 176 valence electrons. The van der Waals surface area contributed by atoms with E-state index in [1.165, 1.54) is 12.1 Å². The van der Waals surface area contributed by atoms with Gasteiger partial charge >= 0.3 is 5.97 Å². The van der Waals surface area contributed by atoms with E-state index in [0.717, 1.165) is 33.9 Å². The number of non-ortho nitro benzene ring substituents is 1. The van der Waals surface area contributed by atoms with E-state index in [2.05, 4.69) is 8.75 Å². The number of fused-ring (bicyclic) bond motifs is 2. The van der Waals surface area contributed by atoms with Crippen molar-refractivity contribution < 1.29 is 19.2 Å². The molecule has 0 aliphatic carbocycles. The SMILES string of the molecule is CCOC(=O)c1c(-c2ccc(OC)cc2)c2cc([N+](=O)[O-])ccc2n1Cc1ccc2nsnc2c1. The highest BCUT2D eigenvalue weighted by atomic mass is 32.1. The van der Waals surface area contributed by atoms with Crippen LogP contribution in [0.4, 0.5) is 5.69 Å². The zero-order valence-electron chi connectivity index (χ0n) is 18.9. The van der Waals surface area contributed by atoms with Gasteiger partial charge in [0.05, 0.1) is 35.9 Å². The highest BCUT2D eigenvalue weighted by Gasteiger charge is 2.26. The minimum absolute atomic E-state index is 0.0604. The highest BCUT2D eigenvalue weighted by Crippen LogP contribution is 2.38. The molecule has 0 atom stereocenters. The molecule has 5 aromatic rings. The van der Waals surface area contributed by atoms with Crippen molar-refractivity contribution in [3.63, 3.8) is 0 Å². The summed E-state index contributed by atoms with van der Waals surface area (Å²) in [4.78, 5) is 24.4. The van der Waals surface area contributed by atoms with E-state index in [9.17, 15) is 14.9 Å². The van der Waals surface area contributed by atoms with E-state index in [4.69, 9.17) is 9.47 Å². The van der Waals surface area contributed by atoms with Crippen LogP contribution in [0.5, 0.6) is 5.75 Å². The van der Waals surface area contributed by atoms with Crippen molar-refractivity contribution in [1.29, 1.82) is 0 Å². The molecule has 0 unspecified atom stereocenters. The predicted octanol–water partition coefficient (Wildman–Crippen LogP) is 5.45. The molecule has 0 aliphatic rings. The molecular weight excluding hydrogens is 468 g/mol. The van der Waals surface area contributed by atoms with E-state index in [1.807, 2.05) is 34.9 Å². The minimum atomic E-state index is -0.506. The van der Waals surface area contributed by atoms with E-state index in [1.54, 1.807) is 32.2 Å². The standard InChI is InChI=1S/C25H20N4O5S/c1-3-34-25(30)24-23(16-5-8-18(33-2)9-6-16)19-13-17(29(31)32)7-11-22(19)28(24)14-15-4-10-20-21(12-15)27-35-26-20/h4-13H,3,14H2,1-2H3. The fourth-order valence-electron chi connectivity index (χ4n) is 4.19. The van der Waals surface area contributed by atoms with Crippen molar-refractivity contribution in [3.05, 3.63) is 82.0 Å². The summed E-state index contributed by atoms with van der Waals surface area (Å²) >= 11 is 1.14. The normalized spacial score (nSPS) is 11.1. The Balaban J connectivity index is 1.78. The molecule has 5 rings (SSSR count). The number of nitro benzene ring substituents is 1. The Morgan fingerprint density at radius 2 is 1.83 bits per heavy atom. The number of hydrogen-bond acceptors (Lipinski definition) is 8. The lowest BCUT2D eigenvalue weighted by atomic mass is 10.0. The molecular formula is C25H20N4O5S. The van der Waals surface area contributed by atoms with Crippen molar-refractivity contribution >= 4 is 45.3 Å². The number of ether oxygens (including phenoxy) is 2. The first-order valence-electron chi connectivity index (χ1n) is 10.8. The number of nitrogens with zero attached hydrogens (tertiary/aromatic N) is 4. The average Bonchev–Trinajstić information content (AvgIpc) is 3.46. The van der Waals surface area contributed by atoms with E-state index >= 15 is 0 Å². The molecule has 0 bridgehead atoms. The topological polar surface area (TPSA) is 109 Å². The minimum Gasteiger partial charge on any atom is -0.497 e. The van der Waals surface area contributed by atoms with E-state index in [-0.39, 0.29) is 12.3 Å². The number of hydrogen-bond donors (Lipinski definition) is 0. The van der Waals surface area contributed by atoms with Gasteiger partial charge in [0.2, 0.25) is 0 Å². The molecule has 3 aromatic carbocycles. The Morgan fingerprint density at radius 3 is 2.54 bits per heavy atom. The third-order valence-corrected chi connectivity index (χ3v) is 6.32. The smallest absolute Gasteiger partial charge is 0.355 e. The molecule has 10 heteroatoms. The van der Waals surface area contributed by atoms with Gasteiger partial charge in [-0.3, -0.25) is 10.1 Å². The number of benzene rings is 3. The van der Waals surface area contributed by atoms with Crippen LogP contribution in [0.1, 0.15) is 23.0 Å². The molecule has 0 fully saturated rings. The molecule has 0 radical (unpaired) electrons. The van der Waals surface area contributed by atoms with Gasteiger partial charge in [0.15, 0.2) is 0 Å². The van der Waals surface area contributed by atoms with Gasteiger partial charge in [-0.1, -0.05) is 18.2 Å². The number of rotatable bonds is 7. The molecule has 9 nitrogen and oxygen atoms in total. The Morgan fingerprint density at radius 1 is 1.06 bits per heavy atom. The first-order valence-corrected chi connectivity index (χ1v) is 11.6. The third-order valence-electron chi connectivity index (χ3n) is 5.76. The predicted molar refractivity (Wildman–Crippen MR) is 133 cm³/mol. The van der Waals surface area contributed by atoms with Crippen LogP contribution in [0.2, 0.25) is 0 Å². The van der Waals surface area contributed by atoms with Crippen LogP contribution in [0, 0.1) is 10.1 Å². The number of nitro groups is 1. The third kappa shape index (κ3) is 4.08. The molecule has 0 amide bonds. The van der Waals surface area contributed by atoms with Gasteiger partial charge in [-0.25, -0.2) is 4.79 Å². The van der Waals surface area contributed by atoms with Gasteiger partial charge in [-0.15, -0.1) is 0 Å². The quantitative estimate of drug-likeness (QED) is 0.170. The summed E-state index contributed by atoms with van der Waals surface area (Å²) in [7, 11) is 1.57. The van der Waals surface area contributed by atoms with Crippen LogP contribution >= 0.6 is 11.7 Å². The Bertz CT molecular complexity index is 1570. The summed E-state index contributed by atoms with van der Waals surface area (Å²) in [6.07, 6.45) is 0. The number of carbonyl (C=O) groups excluding carboxylic acids is 1. The Kier molecular flexibility index (Phi) is 5.87. The molecule has 35 heavy (non-hydrogen) atoms. The fourth-order valence-corrected chi connectivity index (χ4v) is 4.71. The van der Waals surface area contributed by atoms with Gasteiger partial charge in [0.25, 0.3) is 5.69 Å². The summed E-state index contributed by atoms with van der Waals surface area (Å²) in [5, 5.41) is 12.2. The summed E-state index contributed by atoms with van der Waals surface area (Å²) < 4.78 is 21.1. The van der Waals surface area contributed by atoms with Gasteiger partial charge in [0.1, 0.15) is 22.5 Å². The number of methoxy groups -OCH3 is 1. The van der Waals surface area contributed by atoms with Gasteiger partial charge in [-0.2, -0.15) is 8.75 Å². The lowest BCUT2D eigenvalue weighted by Gasteiger charge is -2.12. The van der Waals surface area contributed by atoms with Gasteiger partial charge in [-0.05, 0) is 48.4 Å². The summed E-state index contributed by atoms with van der Waals surface area (Å²) in [5.74, 6) is 0.153. The van der Waals surface area contributed by atoms with Gasteiger partial charge < -0.3 is 14.0 Å². The number of esters is 1. The molecule has 0 N–H and O–H groups in total. The summed E-state index contributed by atoms with van der Waals surface area (Å²) in [6.45, 7) is 2.27. The highest BCUT2D eigenvalue weighted by molar-refractivity contribution is 7.00. The largest absolute Gasteiger partial charge is 0.497 e. The molecule has 0 aliphatic heterocycles. The zero-order valence-corrected chi connectivity index (χ0v) is 19.7. The second-order valence-electron chi connectivity index (χ2n) is 7.80. The number of aromatic nitrogens is 3. The Labute approximate surface area is 204 Å². The maximum Gasteiger partial charge on any atom is 0.355 e. The van der Waals surface area contributed by atoms with Crippen molar-refractivity contribution in [3.8, 4) is 16.9 Å². The van der Waals surface area contributed by atoms with Crippen LogP contribution in [0.25, 0.3) is 33.1 Å². The van der Waals surface area contributed by atoms with Gasteiger partial charge in [0, 0.05) is 29.6 Å². The lowest BCUT2D eigenvalue weighted by molar-refractivity contribution is -0.384. The summed E-state index contributed by atoms with van der Waals surface area (Å²) in [6, 6.07) is 17.6.